The van der Waals surface area contributed by atoms with E-state index >= 15 is 0 Å². The molecule has 4 rings (SSSR count). The van der Waals surface area contributed by atoms with Gasteiger partial charge in [0.25, 0.3) is 11.5 Å². The summed E-state index contributed by atoms with van der Waals surface area (Å²) in [5.41, 5.74) is 1.76. The summed E-state index contributed by atoms with van der Waals surface area (Å²) in [4.78, 5) is 36.0. The zero-order valence-corrected chi connectivity index (χ0v) is 23.7. The molecule has 3 aromatic rings. The molecule has 0 spiro atoms. The zero-order valence-electron chi connectivity index (χ0n) is 22.1. The average Bonchev–Trinajstić information content (AvgIpc) is 3.20. The Kier molecular flexibility index (Phi) is 9.06. The third-order valence-corrected chi connectivity index (χ3v) is 7.63. The van der Waals surface area contributed by atoms with Crippen molar-refractivity contribution in [3.8, 4) is 11.5 Å². The van der Waals surface area contributed by atoms with Crippen molar-refractivity contribution in [2.45, 2.75) is 33.1 Å². The highest BCUT2D eigenvalue weighted by Crippen LogP contribution is 2.34. The molecule has 8 nitrogen and oxygen atoms in total. The fraction of sp³-hybridized carbons (Fsp3) is 0.357. The Morgan fingerprint density at radius 1 is 1.05 bits per heavy atom. The van der Waals surface area contributed by atoms with Gasteiger partial charge in [0, 0.05) is 25.8 Å². The van der Waals surface area contributed by atoms with E-state index in [1.54, 1.807) is 37.5 Å². The largest absolute Gasteiger partial charge is 0.493 e. The van der Waals surface area contributed by atoms with E-state index in [4.69, 9.17) is 26.7 Å². The molecular weight excluding hydrogens is 520 g/mol. The summed E-state index contributed by atoms with van der Waals surface area (Å²) in [7, 11) is 3.19. The number of aromatic nitrogens is 2. The number of methoxy groups -OCH3 is 2. The number of rotatable bonds is 11. The minimum Gasteiger partial charge on any atom is -0.493 e. The molecule has 0 atom stereocenters. The molecule has 2 aromatic heterocycles. The number of carbonyl (C=O) groups is 1. The van der Waals surface area contributed by atoms with E-state index < -0.39 is 0 Å². The second-order valence-corrected chi connectivity index (χ2v) is 10.5. The van der Waals surface area contributed by atoms with Crippen LogP contribution in [0.2, 0.25) is 0 Å². The monoisotopic (exact) mass is 552 g/mol. The zero-order chi connectivity index (χ0) is 27.2. The molecule has 200 valence electrons. The van der Waals surface area contributed by atoms with Gasteiger partial charge in [-0.1, -0.05) is 50.0 Å². The molecule has 0 unspecified atom stereocenters. The molecule has 0 saturated carbocycles. The molecule has 0 bridgehead atoms. The van der Waals surface area contributed by atoms with Gasteiger partial charge in [0.05, 0.1) is 24.7 Å². The van der Waals surface area contributed by atoms with Crippen LogP contribution in [0.15, 0.2) is 52.3 Å². The van der Waals surface area contributed by atoms with Crippen LogP contribution in [-0.2, 0) is 11.2 Å². The smallest absolute Gasteiger partial charge is 0.267 e. The third kappa shape index (κ3) is 5.71. The lowest BCUT2D eigenvalue weighted by molar-refractivity contribution is -0.122. The second-order valence-electron chi connectivity index (χ2n) is 8.84. The molecule has 1 fully saturated rings. The SMILES string of the molecule is CCCN(CCC)c1nc2ccccn2c(=O)c1C=C1SC(=S)N(CCc2ccc(OC)c(OC)c2)C1=O. The maximum atomic E-state index is 13.6. The van der Waals surface area contributed by atoms with Crippen LogP contribution in [0.25, 0.3) is 11.7 Å². The van der Waals surface area contributed by atoms with Gasteiger partial charge in [0.15, 0.2) is 11.5 Å². The molecule has 0 N–H and O–H groups in total. The van der Waals surface area contributed by atoms with Crippen LogP contribution in [-0.4, -0.2) is 58.4 Å². The molecule has 10 heteroatoms. The normalized spacial score (nSPS) is 14.5. The van der Waals surface area contributed by atoms with Gasteiger partial charge in [0.2, 0.25) is 0 Å². The van der Waals surface area contributed by atoms with Gasteiger partial charge in [-0.25, -0.2) is 4.98 Å². The number of thiocarbonyl (C=S) groups is 1. The van der Waals surface area contributed by atoms with Crippen LogP contribution in [0.5, 0.6) is 11.5 Å². The molecule has 38 heavy (non-hydrogen) atoms. The fourth-order valence-electron chi connectivity index (χ4n) is 4.42. The van der Waals surface area contributed by atoms with Crippen molar-refractivity contribution in [1.82, 2.24) is 14.3 Å². The molecular formula is C28H32N4O4S2. The minimum atomic E-state index is -0.210. The first kappa shape index (κ1) is 27.7. The van der Waals surface area contributed by atoms with E-state index in [0.717, 1.165) is 31.5 Å². The van der Waals surface area contributed by atoms with E-state index in [1.807, 2.05) is 30.3 Å². The number of hydrogen-bond acceptors (Lipinski definition) is 8. The number of nitrogens with zero attached hydrogens (tertiary/aromatic N) is 4. The Hall–Kier alpha value is -3.37. The molecule has 1 aromatic carbocycles. The predicted molar refractivity (Wildman–Crippen MR) is 157 cm³/mol. The Morgan fingerprint density at radius 3 is 2.47 bits per heavy atom. The van der Waals surface area contributed by atoms with Crippen molar-refractivity contribution in [3.63, 3.8) is 0 Å². The standard InChI is InChI=1S/C28H32N4O4S2/c1-5-13-30(14-6-2)25-20(26(33)31-15-8-7-9-24(31)29-25)18-23-27(34)32(28(37)38-23)16-12-19-10-11-21(35-3)22(17-19)36-4/h7-11,15,17-18H,5-6,12-14,16H2,1-4H3. The van der Waals surface area contributed by atoms with Crippen molar-refractivity contribution < 1.29 is 14.3 Å². The van der Waals surface area contributed by atoms with E-state index in [-0.39, 0.29) is 11.5 Å². The summed E-state index contributed by atoms with van der Waals surface area (Å²) < 4.78 is 12.7. The molecule has 3 heterocycles. The molecule has 1 aliphatic rings. The Labute approximate surface area is 232 Å². The lowest BCUT2D eigenvalue weighted by Crippen LogP contribution is -2.31. The number of carbonyl (C=O) groups excluding carboxylic acids is 1. The average molecular weight is 553 g/mol. The number of benzene rings is 1. The lowest BCUT2D eigenvalue weighted by Gasteiger charge is -2.24. The highest BCUT2D eigenvalue weighted by atomic mass is 32.2. The van der Waals surface area contributed by atoms with Gasteiger partial charge < -0.3 is 14.4 Å². The maximum absolute atomic E-state index is 13.6. The number of anilines is 1. The second kappa shape index (κ2) is 12.4. The first-order chi connectivity index (χ1) is 18.4. The first-order valence-electron chi connectivity index (χ1n) is 12.6. The van der Waals surface area contributed by atoms with Crippen LogP contribution in [0.4, 0.5) is 5.82 Å². The van der Waals surface area contributed by atoms with Gasteiger partial charge in [-0.2, -0.15) is 0 Å². The van der Waals surface area contributed by atoms with Gasteiger partial charge in [0.1, 0.15) is 15.8 Å². The van der Waals surface area contributed by atoms with Crippen LogP contribution < -0.4 is 19.9 Å². The van der Waals surface area contributed by atoms with Crippen molar-refractivity contribution in [2.75, 3.05) is 38.8 Å². The number of amides is 1. The number of thioether (sulfide) groups is 1. The quantitative estimate of drug-likeness (QED) is 0.249. The summed E-state index contributed by atoms with van der Waals surface area (Å²) in [5, 5.41) is 0. The van der Waals surface area contributed by atoms with Crippen molar-refractivity contribution in [2.24, 2.45) is 0 Å². The van der Waals surface area contributed by atoms with Crippen LogP contribution in [0, 0.1) is 0 Å². The van der Waals surface area contributed by atoms with Gasteiger partial charge >= 0.3 is 0 Å². The summed E-state index contributed by atoms with van der Waals surface area (Å²) in [6.45, 7) is 6.13. The lowest BCUT2D eigenvalue weighted by atomic mass is 10.1. The third-order valence-electron chi connectivity index (χ3n) is 6.26. The first-order valence-corrected chi connectivity index (χ1v) is 13.9. The number of ether oxygens (including phenoxy) is 2. The Morgan fingerprint density at radius 2 is 1.79 bits per heavy atom. The molecule has 1 aliphatic heterocycles. The summed E-state index contributed by atoms with van der Waals surface area (Å²) in [5.74, 6) is 1.67. The van der Waals surface area contributed by atoms with Crippen molar-refractivity contribution in [3.05, 3.63) is 69.0 Å². The van der Waals surface area contributed by atoms with Crippen molar-refractivity contribution in [1.29, 1.82) is 0 Å². The highest BCUT2D eigenvalue weighted by Gasteiger charge is 2.32. The predicted octanol–water partition coefficient (Wildman–Crippen LogP) is 4.78. The van der Waals surface area contributed by atoms with Crippen molar-refractivity contribution >= 4 is 51.7 Å². The number of hydrogen-bond donors (Lipinski definition) is 0. The van der Waals surface area contributed by atoms with Crippen LogP contribution in [0.3, 0.4) is 0 Å². The minimum absolute atomic E-state index is 0.207. The fourth-order valence-corrected chi connectivity index (χ4v) is 5.71. The molecule has 0 aliphatic carbocycles. The van der Waals surface area contributed by atoms with E-state index in [0.29, 0.717) is 50.7 Å². The molecule has 0 radical (unpaired) electrons. The molecule has 1 saturated heterocycles. The Bertz CT molecular complexity index is 1430. The maximum Gasteiger partial charge on any atom is 0.267 e. The van der Waals surface area contributed by atoms with Gasteiger partial charge in [-0.05, 0) is 55.2 Å². The number of fused-ring (bicyclic) bond motifs is 1. The van der Waals surface area contributed by atoms with E-state index in [1.165, 1.54) is 16.2 Å². The van der Waals surface area contributed by atoms with Gasteiger partial charge in [-0.3, -0.25) is 18.9 Å². The van der Waals surface area contributed by atoms with Gasteiger partial charge in [-0.15, -0.1) is 0 Å². The summed E-state index contributed by atoms with van der Waals surface area (Å²) in [6.07, 6.45) is 5.77. The van der Waals surface area contributed by atoms with Crippen LogP contribution in [0.1, 0.15) is 37.8 Å². The molecule has 1 amide bonds. The van der Waals surface area contributed by atoms with Crippen LogP contribution >= 0.6 is 24.0 Å². The summed E-state index contributed by atoms with van der Waals surface area (Å²) >= 11 is 6.78. The summed E-state index contributed by atoms with van der Waals surface area (Å²) in [6, 6.07) is 11.2. The highest BCUT2D eigenvalue weighted by molar-refractivity contribution is 8.26. The topological polar surface area (TPSA) is 76.4 Å². The van der Waals surface area contributed by atoms with E-state index in [2.05, 4.69) is 18.7 Å². The van der Waals surface area contributed by atoms with E-state index in [9.17, 15) is 9.59 Å². The Balaban J connectivity index is 1.66. The number of pyridine rings is 1.